The second-order valence-corrected chi connectivity index (χ2v) is 7.61. The number of terminal acetylenes is 1. The van der Waals surface area contributed by atoms with Gasteiger partial charge in [0.25, 0.3) is 0 Å². The molecule has 0 radical (unpaired) electrons. The van der Waals surface area contributed by atoms with Crippen LogP contribution in [0.15, 0.2) is 29.1 Å². The van der Waals surface area contributed by atoms with Crippen molar-refractivity contribution >= 4 is 10.9 Å². The maximum Gasteiger partial charge on any atom is 0.248 e. The lowest BCUT2D eigenvalue weighted by Gasteiger charge is -2.23. The summed E-state index contributed by atoms with van der Waals surface area (Å²) >= 11 is 0. The lowest BCUT2D eigenvalue weighted by Crippen LogP contribution is -2.42. The smallest absolute Gasteiger partial charge is 0.248 e. The largest absolute Gasteiger partial charge is 0.490 e. The van der Waals surface area contributed by atoms with Crippen molar-refractivity contribution in [2.24, 2.45) is 0 Å². The predicted molar refractivity (Wildman–Crippen MR) is 107 cm³/mol. The van der Waals surface area contributed by atoms with Gasteiger partial charge in [-0.2, -0.15) is 0 Å². The molecule has 1 aromatic carbocycles. The van der Waals surface area contributed by atoms with Crippen LogP contribution in [0.2, 0.25) is 0 Å². The fourth-order valence-electron chi connectivity index (χ4n) is 2.52. The Morgan fingerprint density at radius 2 is 1.96 bits per heavy atom. The van der Waals surface area contributed by atoms with E-state index in [1.165, 1.54) is 6.07 Å². The molecule has 0 saturated heterocycles. The number of rotatable bonds is 8. The van der Waals surface area contributed by atoms with E-state index in [1.54, 1.807) is 18.2 Å². The topological polar surface area (TPSA) is 83.6 Å². The predicted octanol–water partition coefficient (Wildman–Crippen LogP) is 2.45. The van der Waals surface area contributed by atoms with Gasteiger partial charge in [0.05, 0.1) is 5.52 Å². The first-order valence-corrected chi connectivity index (χ1v) is 9.01. The zero-order chi connectivity index (χ0) is 20.0. The van der Waals surface area contributed by atoms with Crippen molar-refractivity contribution in [2.75, 3.05) is 13.2 Å². The molecule has 2 aromatic rings. The Morgan fingerprint density at radius 3 is 2.63 bits per heavy atom. The third-order valence-corrected chi connectivity index (χ3v) is 3.85. The summed E-state index contributed by atoms with van der Waals surface area (Å²) in [5, 5.41) is 14.1. The normalized spacial score (nSPS) is 13.8. The zero-order valence-corrected chi connectivity index (χ0v) is 16.3. The van der Waals surface area contributed by atoms with Crippen LogP contribution in [-0.4, -0.2) is 41.0 Å². The summed E-state index contributed by atoms with van der Waals surface area (Å²) in [5.74, 6) is 3.66. The Hall–Kier alpha value is -2.49. The van der Waals surface area contributed by atoms with Crippen molar-refractivity contribution in [2.45, 2.75) is 51.9 Å². The fourth-order valence-corrected chi connectivity index (χ4v) is 2.52. The van der Waals surface area contributed by atoms with Crippen molar-refractivity contribution in [1.29, 1.82) is 0 Å². The molecule has 27 heavy (non-hydrogen) atoms. The second-order valence-electron chi connectivity index (χ2n) is 7.61. The monoisotopic (exact) mass is 372 g/mol. The molecule has 0 amide bonds. The Bertz CT molecular complexity index is 861. The van der Waals surface area contributed by atoms with Gasteiger partial charge in [-0.3, -0.25) is 4.79 Å². The number of aromatic amines is 1. The summed E-state index contributed by atoms with van der Waals surface area (Å²) in [4.78, 5) is 14.6. The summed E-state index contributed by atoms with van der Waals surface area (Å²) in [6.07, 6.45) is 4.95. The summed E-state index contributed by atoms with van der Waals surface area (Å²) in [6.45, 7) is 8.52. The van der Waals surface area contributed by atoms with Crippen LogP contribution in [0, 0.1) is 12.3 Å². The number of hydrogen-bond acceptors (Lipinski definition) is 5. The Kier molecular flexibility index (Phi) is 6.89. The van der Waals surface area contributed by atoms with Gasteiger partial charge in [-0.1, -0.05) is 0 Å². The molecule has 0 bridgehead atoms. The number of fused-ring (bicyclic) bond motifs is 1. The van der Waals surface area contributed by atoms with Gasteiger partial charge in [0.1, 0.15) is 30.3 Å². The molecule has 3 N–H and O–H groups in total. The second kappa shape index (κ2) is 8.94. The molecule has 1 heterocycles. The molecule has 146 valence electrons. The number of benzene rings is 1. The molecule has 0 aliphatic rings. The highest BCUT2D eigenvalue weighted by molar-refractivity contribution is 5.89. The summed E-state index contributed by atoms with van der Waals surface area (Å²) in [5.41, 5.74) is 0.232. The van der Waals surface area contributed by atoms with Crippen molar-refractivity contribution in [1.82, 2.24) is 10.3 Å². The van der Waals surface area contributed by atoms with Gasteiger partial charge >= 0.3 is 0 Å². The molecule has 0 aliphatic carbocycles. The highest BCUT2D eigenvalue weighted by Gasteiger charge is 2.15. The van der Waals surface area contributed by atoms with E-state index < -0.39 is 6.10 Å². The number of β-amino-alcohol motifs (C(OH)–C–C–N with tert-alkyl or cyclic N) is 1. The Morgan fingerprint density at radius 1 is 1.26 bits per heavy atom. The number of pyridine rings is 1. The van der Waals surface area contributed by atoms with Crippen molar-refractivity contribution in [3.8, 4) is 23.8 Å². The number of aliphatic hydroxyl groups is 1. The first-order chi connectivity index (χ1) is 12.7. The number of aliphatic hydroxyl groups excluding tert-OH is 1. The minimum Gasteiger partial charge on any atom is -0.490 e. The first kappa shape index (κ1) is 20.8. The van der Waals surface area contributed by atoms with Crippen molar-refractivity contribution in [3.05, 3.63) is 34.6 Å². The first-order valence-electron chi connectivity index (χ1n) is 9.01. The van der Waals surface area contributed by atoms with Crippen LogP contribution in [0.25, 0.3) is 10.9 Å². The van der Waals surface area contributed by atoms with E-state index in [0.717, 1.165) is 0 Å². The van der Waals surface area contributed by atoms with Crippen LogP contribution in [-0.2, 0) is 0 Å². The maximum atomic E-state index is 11.8. The molecular weight excluding hydrogens is 344 g/mol. The van der Waals surface area contributed by atoms with Crippen molar-refractivity contribution < 1.29 is 14.6 Å². The molecule has 6 heteroatoms. The molecule has 1 aromatic heterocycles. The number of aromatic nitrogens is 1. The standard InChI is InChI=1S/C21H28N2O4/c1-6-7-14(2)27-18-10-9-17(16-8-11-19(25)23-20(16)18)26-13-15(24)12-22-21(3,4)5/h1,8-11,14-15,22,24H,7,12-13H2,2-5H3,(H,23,25). The van der Waals surface area contributed by atoms with E-state index in [2.05, 4.69) is 16.2 Å². The van der Waals surface area contributed by atoms with Gasteiger partial charge in [0.15, 0.2) is 0 Å². The Labute approximate surface area is 159 Å². The lowest BCUT2D eigenvalue weighted by atomic mass is 10.1. The van der Waals surface area contributed by atoms with E-state index in [9.17, 15) is 9.90 Å². The average Bonchev–Trinajstić information content (AvgIpc) is 2.59. The molecule has 0 spiro atoms. The van der Waals surface area contributed by atoms with Gasteiger partial charge in [-0.15, -0.1) is 12.3 Å². The van der Waals surface area contributed by atoms with Crippen LogP contribution in [0.3, 0.4) is 0 Å². The average molecular weight is 372 g/mol. The molecule has 0 saturated carbocycles. The van der Waals surface area contributed by atoms with Crippen LogP contribution < -0.4 is 20.3 Å². The van der Waals surface area contributed by atoms with E-state index in [4.69, 9.17) is 15.9 Å². The molecule has 0 aliphatic heterocycles. The third kappa shape index (κ3) is 6.31. The molecule has 2 rings (SSSR count). The molecular formula is C21H28N2O4. The molecule has 6 nitrogen and oxygen atoms in total. The van der Waals surface area contributed by atoms with Crippen LogP contribution in [0.4, 0.5) is 0 Å². The SMILES string of the molecule is C#CCC(C)Oc1ccc(OCC(O)CNC(C)(C)C)c2ccc(=O)[nH]c12. The van der Waals surface area contributed by atoms with Crippen LogP contribution >= 0.6 is 0 Å². The minimum absolute atomic E-state index is 0.0821. The summed E-state index contributed by atoms with van der Waals surface area (Å²) in [6, 6.07) is 6.62. The van der Waals surface area contributed by atoms with Crippen molar-refractivity contribution in [3.63, 3.8) is 0 Å². The van der Waals surface area contributed by atoms with Crippen LogP contribution in [0.1, 0.15) is 34.1 Å². The molecule has 2 atom stereocenters. The van der Waals surface area contributed by atoms with E-state index in [1.807, 2.05) is 27.7 Å². The van der Waals surface area contributed by atoms with E-state index in [0.29, 0.717) is 35.4 Å². The minimum atomic E-state index is -0.659. The highest BCUT2D eigenvalue weighted by atomic mass is 16.5. The maximum absolute atomic E-state index is 11.8. The zero-order valence-electron chi connectivity index (χ0n) is 16.3. The van der Waals surface area contributed by atoms with Gasteiger partial charge in [-0.05, 0) is 45.9 Å². The van der Waals surface area contributed by atoms with Crippen LogP contribution in [0.5, 0.6) is 11.5 Å². The highest BCUT2D eigenvalue weighted by Crippen LogP contribution is 2.31. The van der Waals surface area contributed by atoms with Gasteiger partial charge < -0.3 is 24.9 Å². The fraction of sp³-hybridized carbons (Fsp3) is 0.476. The number of H-pyrrole nitrogens is 1. The number of hydrogen-bond donors (Lipinski definition) is 3. The van der Waals surface area contributed by atoms with E-state index in [-0.39, 0.29) is 23.8 Å². The van der Waals surface area contributed by atoms with E-state index >= 15 is 0 Å². The third-order valence-electron chi connectivity index (χ3n) is 3.85. The summed E-state index contributed by atoms with van der Waals surface area (Å²) in [7, 11) is 0. The Balaban J connectivity index is 2.19. The number of nitrogens with one attached hydrogen (secondary N) is 2. The molecule has 0 fully saturated rings. The lowest BCUT2D eigenvalue weighted by molar-refractivity contribution is 0.101. The number of ether oxygens (including phenoxy) is 2. The molecule has 2 unspecified atom stereocenters. The quantitative estimate of drug-likeness (QED) is 0.620. The van der Waals surface area contributed by atoms with Gasteiger partial charge in [0.2, 0.25) is 5.56 Å². The van der Waals surface area contributed by atoms with Gasteiger partial charge in [0, 0.05) is 30.0 Å². The summed E-state index contributed by atoms with van der Waals surface area (Å²) < 4.78 is 11.6. The van der Waals surface area contributed by atoms with Gasteiger partial charge in [-0.25, -0.2) is 0 Å².